The third-order valence-electron chi connectivity index (χ3n) is 5.07. The van der Waals surface area contributed by atoms with Gasteiger partial charge in [0.15, 0.2) is 5.13 Å². The SMILES string of the molecule is CC(C)Cc1c(F)cc(-c2csc(NC(=O)CNc3c(C=N)n(C)c(=O)n(C)c3=O)n2)cc1Cl. The number of carbonyl (C=O) groups excluding carboxylic acids is 1. The highest BCUT2D eigenvalue weighted by Crippen LogP contribution is 2.31. The number of halogens is 2. The minimum Gasteiger partial charge on any atom is -0.370 e. The van der Waals surface area contributed by atoms with Crippen LogP contribution in [0, 0.1) is 17.1 Å². The van der Waals surface area contributed by atoms with Crippen molar-refractivity contribution in [1.29, 1.82) is 5.41 Å². The molecule has 180 valence electrons. The molecule has 0 saturated carbocycles. The van der Waals surface area contributed by atoms with Crippen molar-refractivity contribution in [3.8, 4) is 11.3 Å². The number of rotatable bonds is 8. The summed E-state index contributed by atoms with van der Waals surface area (Å²) in [6.45, 7) is 3.67. The molecular weight excluding hydrogens is 483 g/mol. The van der Waals surface area contributed by atoms with Gasteiger partial charge in [0, 0.05) is 41.8 Å². The van der Waals surface area contributed by atoms with Gasteiger partial charge < -0.3 is 16.0 Å². The van der Waals surface area contributed by atoms with Gasteiger partial charge >= 0.3 is 5.69 Å². The molecule has 34 heavy (non-hydrogen) atoms. The maximum absolute atomic E-state index is 14.6. The van der Waals surface area contributed by atoms with Crippen LogP contribution < -0.4 is 21.9 Å². The Morgan fingerprint density at radius 3 is 2.62 bits per heavy atom. The highest BCUT2D eigenvalue weighted by Gasteiger charge is 2.17. The zero-order chi connectivity index (χ0) is 25.2. The molecule has 0 radical (unpaired) electrons. The molecular formula is C22H24ClFN6O3S. The van der Waals surface area contributed by atoms with Gasteiger partial charge in [0.2, 0.25) is 5.91 Å². The summed E-state index contributed by atoms with van der Waals surface area (Å²) in [4.78, 5) is 41.1. The van der Waals surface area contributed by atoms with Crippen molar-refractivity contribution in [2.45, 2.75) is 20.3 Å². The summed E-state index contributed by atoms with van der Waals surface area (Å²) in [7, 11) is 2.74. The average Bonchev–Trinajstić information content (AvgIpc) is 3.24. The van der Waals surface area contributed by atoms with Crippen molar-refractivity contribution in [3.63, 3.8) is 0 Å². The molecule has 9 nitrogen and oxygen atoms in total. The molecule has 0 atom stereocenters. The predicted molar refractivity (Wildman–Crippen MR) is 133 cm³/mol. The van der Waals surface area contributed by atoms with Crippen LogP contribution >= 0.6 is 22.9 Å². The van der Waals surface area contributed by atoms with Crippen LogP contribution in [0.5, 0.6) is 0 Å². The third-order valence-corrected chi connectivity index (χ3v) is 6.17. The van der Waals surface area contributed by atoms with Gasteiger partial charge in [0.1, 0.15) is 11.5 Å². The van der Waals surface area contributed by atoms with E-state index >= 15 is 0 Å². The van der Waals surface area contributed by atoms with Gasteiger partial charge in [-0.05, 0) is 24.5 Å². The number of benzene rings is 1. The quantitative estimate of drug-likeness (QED) is 0.405. The van der Waals surface area contributed by atoms with Crippen molar-refractivity contribution < 1.29 is 9.18 Å². The van der Waals surface area contributed by atoms with Gasteiger partial charge in [-0.25, -0.2) is 14.2 Å². The molecule has 1 aromatic carbocycles. The molecule has 0 unspecified atom stereocenters. The largest absolute Gasteiger partial charge is 0.370 e. The second-order valence-electron chi connectivity index (χ2n) is 8.07. The van der Waals surface area contributed by atoms with Crippen molar-refractivity contribution in [2.75, 3.05) is 17.2 Å². The fourth-order valence-electron chi connectivity index (χ4n) is 3.35. The Hall–Kier alpha value is -3.31. The van der Waals surface area contributed by atoms with Crippen LogP contribution in [-0.4, -0.2) is 32.8 Å². The van der Waals surface area contributed by atoms with Gasteiger partial charge in [-0.15, -0.1) is 11.3 Å². The lowest BCUT2D eigenvalue weighted by Crippen LogP contribution is -2.41. The average molecular weight is 507 g/mol. The molecule has 0 aliphatic carbocycles. The number of amides is 1. The monoisotopic (exact) mass is 506 g/mol. The van der Waals surface area contributed by atoms with Crippen LogP contribution in [0.4, 0.5) is 15.2 Å². The van der Waals surface area contributed by atoms with E-state index in [0.29, 0.717) is 28.3 Å². The van der Waals surface area contributed by atoms with Crippen LogP contribution in [-0.2, 0) is 25.3 Å². The Morgan fingerprint density at radius 2 is 2.00 bits per heavy atom. The number of anilines is 2. The maximum atomic E-state index is 14.6. The lowest BCUT2D eigenvalue weighted by Gasteiger charge is -2.13. The normalized spacial score (nSPS) is 11.0. The number of aromatic nitrogens is 3. The van der Waals surface area contributed by atoms with Gasteiger partial charge in [-0.1, -0.05) is 25.4 Å². The summed E-state index contributed by atoms with van der Waals surface area (Å²) in [6, 6.07) is 3.03. The van der Waals surface area contributed by atoms with Gasteiger partial charge in [0.05, 0.1) is 17.9 Å². The van der Waals surface area contributed by atoms with Crippen LogP contribution in [0.2, 0.25) is 5.02 Å². The maximum Gasteiger partial charge on any atom is 0.331 e. The standard InChI is InChI=1S/C22H24ClFN6O3S/c1-11(2)5-13-14(23)6-12(7-15(13)24)16-10-34-21(27-16)28-18(31)9-26-19-17(8-25)29(3)22(33)30(4)20(19)32/h6-8,10-11,25-26H,5,9H2,1-4H3,(H,27,28,31). The topological polar surface area (TPSA) is 122 Å². The summed E-state index contributed by atoms with van der Waals surface area (Å²) in [5, 5.41) is 15.1. The minimum atomic E-state index is -0.647. The Kier molecular flexibility index (Phi) is 7.68. The van der Waals surface area contributed by atoms with Crippen molar-refractivity contribution in [3.05, 3.63) is 60.4 Å². The second-order valence-corrected chi connectivity index (χ2v) is 9.33. The second kappa shape index (κ2) is 10.3. The molecule has 3 rings (SSSR count). The molecule has 0 spiro atoms. The number of nitrogens with zero attached hydrogens (tertiary/aromatic N) is 3. The van der Waals surface area contributed by atoms with Crippen LogP contribution in [0.3, 0.4) is 0 Å². The van der Waals surface area contributed by atoms with E-state index in [9.17, 15) is 18.8 Å². The number of nitrogens with one attached hydrogen (secondary N) is 3. The molecule has 2 aromatic heterocycles. The fourth-order valence-corrected chi connectivity index (χ4v) is 4.37. The first kappa shape index (κ1) is 25.3. The van der Waals surface area contributed by atoms with Crippen LogP contribution in [0.15, 0.2) is 27.1 Å². The van der Waals surface area contributed by atoms with Gasteiger partial charge in [-0.2, -0.15) is 0 Å². The van der Waals surface area contributed by atoms with E-state index < -0.39 is 23.0 Å². The van der Waals surface area contributed by atoms with E-state index in [4.69, 9.17) is 17.0 Å². The first-order valence-electron chi connectivity index (χ1n) is 10.3. The summed E-state index contributed by atoms with van der Waals surface area (Å²) >= 11 is 7.44. The fraction of sp³-hybridized carbons (Fsp3) is 0.318. The lowest BCUT2D eigenvalue weighted by atomic mass is 10.0. The Balaban J connectivity index is 1.73. The Morgan fingerprint density at radius 1 is 1.29 bits per heavy atom. The molecule has 12 heteroatoms. The summed E-state index contributed by atoms with van der Waals surface area (Å²) < 4.78 is 16.6. The molecule has 0 aliphatic heterocycles. The number of carbonyl (C=O) groups is 1. The van der Waals surface area contributed by atoms with Crippen molar-refractivity contribution in [1.82, 2.24) is 14.1 Å². The highest BCUT2D eigenvalue weighted by molar-refractivity contribution is 7.14. The Labute approximate surface area is 203 Å². The molecule has 0 fully saturated rings. The number of thiazole rings is 1. The molecule has 2 heterocycles. The van der Waals surface area contributed by atoms with Gasteiger partial charge in [-0.3, -0.25) is 18.7 Å². The van der Waals surface area contributed by atoms with E-state index in [-0.39, 0.29) is 29.0 Å². The van der Waals surface area contributed by atoms with E-state index in [1.54, 1.807) is 11.4 Å². The van der Waals surface area contributed by atoms with Crippen LogP contribution in [0.1, 0.15) is 25.1 Å². The predicted octanol–water partition coefficient (Wildman–Crippen LogP) is 3.25. The Bertz CT molecular complexity index is 1350. The molecule has 3 aromatic rings. The van der Waals surface area contributed by atoms with Crippen molar-refractivity contribution >= 4 is 45.9 Å². The summed E-state index contributed by atoms with van der Waals surface area (Å²) in [5.74, 6) is -0.646. The van der Waals surface area contributed by atoms with E-state index in [1.165, 1.54) is 20.2 Å². The van der Waals surface area contributed by atoms with E-state index in [0.717, 1.165) is 26.7 Å². The lowest BCUT2D eigenvalue weighted by molar-refractivity contribution is -0.114. The zero-order valence-corrected chi connectivity index (χ0v) is 20.6. The van der Waals surface area contributed by atoms with E-state index in [1.807, 2.05) is 13.8 Å². The summed E-state index contributed by atoms with van der Waals surface area (Å²) in [5.41, 5.74) is 0.202. The molecule has 1 amide bonds. The molecule has 0 aliphatic rings. The minimum absolute atomic E-state index is 0.0406. The molecule has 0 bridgehead atoms. The van der Waals surface area contributed by atoms with Crippen molar-refractivity contribution in [2.24, 2.45) is 20.0 Å². The highest BCUT2D eigenvalue weighted by atomic mass is 35.5. The zero-order valence-electron chi connectivity index (χ0n) is 19.0. The number of hydrogen-bond acceptors (Lipinski definition) is 7. The smallest absolute Gasteiger partial charge is 0.331 e. The first-order chi connectivity index (χ1) is 16.0. The van der Waals surface area contributed by atoms with Crippen LogP contribution in [0.25, 0.3) is 11.3 Å². The van der Waals surface area contributed by atoms with E-state index in [2.05, 4.69) is 15.6 Å². The first-order valence-corrected chi connectivity index (χ1v) is 11.6. The third kappa shape index (κ3) is 5.26. The number of hydrogen-bond donors (Lipinski definition) is 3. The summed E-state index contributed by atoms with van der Waals surface area (Å²) in [6.07, 6.45) is 1.39. The van der Waals surface area contributed by atoms with Gasteiger partial charge in [0.25, 0.3) is 5.56 Å². The molecule has 0 saturated heterocycles. The molecule has 3 N–H and O–H groups in total.